The van der Waals surface area contributed by atoms with Crippen LogP contribution in [0.3, 0.4) is 0 Å². The second kappa shape index (κ2) is 5.63. The van der Waals surface area contributed by atoms with Gasteiger partial charge < -0.3 is 4.74 Å². The number of halogens is 1. The Balaban J connectivity index is 3.55. The van der Waals surface area contributed by atoms with Crippen LogP contribution in [0.25, 0.3) is 0 Å². The molecular formula is C14H18ClNO3S. The van der Waals surface area contributed by atoms with E-state index in [0.29, 0.717) is 16.9 Å². The van der Waals surface area contributed by atoms with Gasteiger partial charge in [0.1, 0.15) is 11.8 Å². The quantitative estimate of drug-likeness (QED) is 0.800. The summed E-state index contributed by atoms with van der Waals surface area (Å²) in [5.74, 6) is 0.508. The maximum Gasteiger partial charge on any atom is 0.261 e. The Morgan fingerprint density at radius 3 is 2.30 bits per heavy atom. The van der Waals surface area contributed by atoms with Crippen molar-refractivity contribution < 1.29 is 13.2 Å². The van der Waals surface area contributed by atoms with E-state index in [1.54, 1.807) is 19.9 Å². The van der Waals surface area contributed by atoms with Gasteiger partial charge in [0, 0.05) is 16.2 Å². The molecule has 1 rings (SSSR count). The molecule has 0 aliphatic rings. The molecule has 0 heterocycles. The summed E-state index contributed by atoms with van der Waals surface area (Å²) < 4.78 is 28.8. The van der Waals surface area contributed by atoms with Gasteiger partial charge in [0.15, 0.2) is 6.10 Å². The highest BCUT2D eigenvalue weighted by atomic mass is 35.7. The van der Waals surface area contributed by atoms with Crippen molar-refractivity contribution in [2.24, 2.45) is 0 Å². The van der Waals surface area contributed by atoms with E-state index in [0.717, 1.165) is 0 Å². The largest absolute Gasteiger partial charge is 0.476 e. The predicted molar refractivity (Wildman–Crippen MR) is 78.6 cm³/mol. The number of ether oxygens (including phenoxy) is 1. The molecule has 0 bridgehead atoms. The lowest BCUT2D eigenvalue weighted by atomic mass is 9.86. The summed E-state index contributed by atoms with van der Waals surface area (Å²) in [6.07, 6.45) is -0.617. The average molecular weight is 316 g/mol. The predicted octanol–water partition coefficient (Wildman–Crippen LogP) is 3.51. The average Bonchev–Trinajstić information content (AvgIpc) is 2.25. The molecule has 1 aromatic carbocycles. The molecule has 6 heteroatoms. The number of aryl methyl sites for hydroxylation is 1. The van der Waals surface area contributed by atoms with Gasteiger partial charge >= 0.3 is 0 Å². The highest BCUT2D eigenvalue weighted by Gasteiger charge is 2.25. The molecule has 1 aromatic rings. The van der Waals surface area contributed by atoms with Crippen molar-refractivity contribution in [1.29, 1.82) is 5.26 Å². The molecule has 20 heavy (non-hydrogen) atoms. The summed E-state index contributed by atoms with van der Waals surface area (Å²) in [5.41, 5.74) is 0.853. The summed E-state index contributed by atoms with van der Waals surface area (Å²) in [6, 6.07) is 5.13. The van der Waals surface area contributed by atoms with Crippen molar-refractivity contribution in [3.63, 3.8) is 0 Å². The second-order valence-corrected chi connectivity index (χ2v) is 8.23. The second-order valence-electron chi connectivity index (χ2n) is 5.69. The van der Waals surface area contributed by atoms with Crippen LogP contribution in [0.1, 0.15) is 38.8 Å². The summed E-state index contributed by atoms with van der Waals surface area (Å²) in [4.78, 5) is 0.0704. The molecule has 4 nitrogen and oxygen atoms in total. The van der Waals surface area contributed by atoms with E-state index in [9.17, 15) is 8.42 Å². The van der Waals surface area contributed by atoms with Gasteiger partial charge in [-0.05, 0) is 37.0 Å². The van der Waals surface area contributed by atoms with E-state index in [1.165, 1.54) is 6.07 Å². The van der Waals surface area contributed by atoms with Crippen LogP contribution in [0.2, 0.25) is 0 Å². The first-order valence-electron chi connectivity index (χ1n) is 6.13. The Morgan fingerprint density at radius 2 is 1.90 bits per heavy atom. The molecule has 0 N–H and O–H groups in total. The highest BCUT2D eigenvalue weighted by Crippen LogP contribution is 2.36. The molecule has 0 spiro atoms. The molecule has 0 aromatic heterocycles. The van der Waals surface area contributed by atoms with Crippen molar-refractivity contribution in [2.75, 3.05) is 0 Å². The molecule has 0 radical (unpaired) electrons. The van der Waals surface area contributed by atoms with E-state index >= 15 is 0 Å². The monoisotopic (exact) mass is 315 g/mol. The van der Waals surface area contributed by atoms with E-state index in [2.05, 4.69) is 0 Å². The minimum absolute atomic E-state index is 0.0704. The number of benzene rings is 1. The van der Waals surface area contributed by atoms with Crippen LogP contribution < -0.4 is 4.74 Å². The van der Waals surface area contributed by atoms with Crippen LogP contribution in [0.15, 0.2) is 17.0 Å². The first-order valence-corrected chi connectivity index (χ1v) is 8.44. The van der Waals surface area contributed by atoms with Gasteiger partial charge in [0.2, 0.25) is 0 Å². The van der Waals surface area contributed by atoms with Crippen molar-refractivity contribution in [3.05, 3.63) is 23.3 Å². The molecule has 0 aliphatic carbocycles. The van der Waals surface area contributed by atoms with Gasteiger partial charge in [-0.1, -0.05) is 20.8 Å². The van der Waals surface area contributed by atoms with Gasteiger partial charge in [0.05, 0.1) is 4.90 Å². The molecular weight excluding hydrogens is 298 g/mol. The van der Waals surface area contributed by atoms with Crippen LogP contribution in [0, 0.1) is 18.3 Å². The Bertz CT molecular complexity index is 654. The Morgan fingerprint density at radius 1 is 1.35 bits per heavy atom. The number of rotatable bonds is 3. The first kappa shape index (κ1) is 16.8. The van der Waals surface area contributed by atoms with Crippen LogP contribution in [-0.4, -0.2) is 14.5 Å². The molecule has 1 unspecified atom stereocenters. The van der Waals surface area contributed by atoms with E-state index in [1.807, 2.05) is 26.8 Å². The minimum Gasteiger partial charge on any atom is -0.476 e. The lowest BCUT2D eigenvalue weighted by Crippen LogP contribution is -2.18. The highest BCUT2D eigenvalue weighted by molar-refractivity contribution is 8.13. The fourth-order valence-corrected chi connectivity index (χ4v) is 3.03. The molecule has 0 saturated carbocycles. The molecule has 1 atom stereocenters. The number of hydrogen-bond donors (Lipinski definition) is 0. The zero-order valence-corrected chi connectivity index (χ0v) is 13.8. The zero-order valence-electron chi connectivity index (χ0n) is 12.2. The number of hydrogen-bond acceptors (Lipinski definition) is 4. The van der Waals surface area contributed by atoms with Crippen molar-refractivity contribution >= 4 is 19.7 Å². The fraction of sp³-hybridized carbons (Fsp3) is 0.500. The lowest BCUT2D eigenvalue weighted by Gasteiger charge is -2.24. The standard InChI is InChI=1S/C14H18ClNO3S/c1-9-6-12(19-10(2)8-16)11(14(3,4)5)7-13(9)20(15,17)18/h6-7,10H,1-5H3. The first-order chi connectivity index (χ1) is 8.96. The van der Waals surface area contributed by atoms with Gasteiger partial charge in [-0.25, -0.2) is 8.42 Å². The van der Waals surface area contributed by atoms with Gasteiger partial charge in [-0.2, -0.15) is 5.26 Å². The Labute approximate surface area is 124 Å². The maximum atomic E-state index is 11.6. The van der Waals surface area contributed by atoms with Crippen molar-refractivity contribution in [1.82, 2.24) is 0 Å². The Hall–Kier alpha value is -1.25. The van der Waals surface area contributed by atoms with Gasteiger partial charge in [0.25, 0.3) is 9.05 Å². The van der Waals surface area contributed by atoms with Crippen molar-refractivity contribution in [2.45, 2.75) is 51.0 Å². The van der Waals surface area contributed by atoms with Crippen LogP contribution in [0.4, 0.5) is 0 Å². The number of nitrogens with zero attached hydrogens (tertiary/aromatic N) is 1. The van der Waals surface area contributed by atoms with Crippen LogP contribution in [0.5, 0.6) is 5.75 Å². The smallest absolute Gasteiger partial charge is 0.261 e. The fourth-order valence-electron chi connectivity index (χ4n) is 1.82. The van der Waals surface area contributed by atoms with E-state index in [4.69, 9.17) is 20.7 Å². The normalized spacial score (nSPS) is 13.7. The SMILES string of the molecule is Cc1cc(OC(C)C#N)c(C(C)(C)C)cc1S(=O)(=O)Cl. The molecule has 0 fully saturated rings. The lowest BCUT2D eigenvalue weighted by molar-refractivity contribution is 0.269. The third-order valence-corrected chi connectivity index (χ3v) is 4.30. The van der Waals surface area contributed by atoms with Crippen molar-refractivity contribution in [3.8, 4) is 11.8 Å². The third kappa shape index (κ3) is 3.87. The Kier molecular flexibility index (Phi) is 4.73. The van der Waals surface area contributed by atoms with Crippen LogP contribution in [-0.2, 0) is 14.5 Å². The minimum atomic E-state index is -3.82. The van der Waals surface area contributed by atoms with Gasteiger partial charge in [-0.3, -0.25) is 0 Å². The number of nitriles is 1. The molecule has 0 aliphatic heterocycles. The third-order valence-electron chi connectivity index (χ3n) is 2.83. The van der Waals surface area contributed by atoms with E-state index < -0.39 is 15.2 Å². The zero-order chi connectivity index (χ0) is 15.7. The van der Waals surface area contributed by atoms with Gasteiger partial charge in [-0.15, -0.1) is 0 Å². The summed E-state index contributed by atoms with van der Waals surface area (Å²) in [6.45, 7) is 9.09. The molecule has 0 saturated heterocycles. The van der Waals surface area contributed by atoms with Crippen LogP contribution >= 0.6 is 10.7 Å². The topological polar surface area (TPSA) is 67.2 Å². The summed E-state index contributed by atoms with van der Waals surface area (Å²) >= 11 is 0. The molecule has 110 valence electrons. The molecule has 0 amide bonds. The van der Waals surface area contributed by atoms with E-state index in [-0.39, 0.29) is 10.3 Å². The maximum absolute atomic E-state index is 11.6. The summed E-state index contributed by atoms with van der Waals surface area (Å²) in [7, 11) is 1.63. The summed E-state index contributed by atoms with van der Waals surface area (Å²) in [5, 5.41) is 8.85.